The lowest BCUT2D eigenvalue weighted by molar-refractivity contribution is 0.0216. The Labute approximate surface area is 209 Å². The van der Waals surface area contributed by atoms with Crippen molar-refractivity contribution in [2.45, 2.75) is 26.4 Å². The molecule has 178 valence electrons. The van der Waals surface area contributed by atoms with Gasteiger partial charge in [0, 0.05) is 36.8 Å². The lowest BCUT2D eigenvalue weighted by atomic mass is 9.99. The van der Waals surface area contributed by atoms with Crippen LogP contribution in [0, 0.1) is 5.82 Å². The number of hydrogen-bond acceptors (Lipinski definition) is 5. The molecule has 10 heteroatoms. The molecule has 1 saturated heterocycles. The molecule has 0 spiro atoms. The van der Waals surface area contributed by atoms with Crippen molar-refractivity contribution >= 4 is 62.1 Å². The van der Waals surface area contributed by atoms with E-state index >= 15 is 0 Å². The van der Waals surface area contributed by atoms with Crippen LogP contribution in [0.5, 0.6) is 0 Å². The average Bonchev–Trinajstić information content (AvgIpc) is 3.00. The minimum atomic E-state index is -0.573. The van der Waals surface area contributed by atoms with Crippen LogP contribution < -0.4 is 5.73 Å². The third-order valence-corrected chi connectivity index (χ3v) is 6.43. The summed E-state index contributed by atoms with van der Waals surface area (Å²) in [5, 5.41) is 5.41. The highest BCUT2D eigenvalue weighted by Crippen LogP contribution is 2.37. The molecule has 2 aromatic carbocycles. The summed E-state index contributed by atoms with van der Waals surface area (Å²) in [6, 6.07) is 5.27. The second-order valence-corrected chi connectivity index (χ2v) is 10.4. The van der Waals surface area contributed by atoms with Crippen LogP contribution in [0.4, 0.5) is 14.9 Å². The van der Waals surface area contributed by atoms with E-state index in [-0.39, 0.29) is 27.9 Å². The first-order valence-corrected chi connectivity index (χ1v) is 11.6. The van der Waals surface area contributed by atoms with Gasteiger partial charge in [-0.2, -0.15) is 5.10 Å². The standard InChI is InChI=1S/C24H23BrClFN4O3/c1-24(2,3)34-23(33)31-10-12(11-31)7-18-15-9-17(28)19(20(25)21(15)29-30(18)4)22(32)14-8-13(27)5-6-16(14)26/h5-9H,10-11,28H2,1-4H3. The Balaban J connectivity index is 1.67. The third-order valence-electron chi connectivity index (χ3n) is 5.33. The van der Waals surface area contributed by atoms with Gasteiger partial charge in [-0.05, 0) is 72.6 Å². The number of carbonyl (C=O) groups is 2. The van der Waals surface area contributed by atoms with Gasteiger partial charge in [0.1, 0.15) is 16.9 Å². The van der Waals surface area contributed by atoms with E-state index in [1.54, 1.807) is 22.7 Å². The van der Waals surface area contributed by atoms with Crippen LogP contribution in [-0.4, -0.2) is 45.2 Å². The molecule has 1 amide bonds. The minimum absolute atomic E-state index is 0.0170. The number of fused-ring (bicyclic) bond motifs is 1. The highest BCUT2D eigenvalue weighted by atomic mass is 79.9. The zero-order chi connectivity index (χ0) is 24.9. The molecule has 1 aliphatic heterocycles. The Hall–Kier alpha value is -2.91. The predicted molar refractivity (Wildman–Crippen MR) is 133 cm³/mol. The van der Waals surface area contributed by atoms with Gasteiger partial charge in [0.2, 0.25) is 0 Å². The summed E-state index contributed by atoms with van der Waals surface area (Å²) in [5.41, 5.74) is 8.45. The Morgan fingerprint density at radius 1 is 1.26 bits per heavy atom. The number of carbonyl (C=O) groups excluding carboxylic acids is 2. The molecule has 0 atom stereocenters. The fourth-order valence-corrected chi connectivity index (χ4v) is 4.63. The molecule has 34 heavy (non-hydrogen) atoms. The van der Waals surface area contributed by atoms with Crippen molar-refractivity contribution in [3.63, 3.8) is 0 Å². The number of nitrogen functional groups attached to an aromatic ring is 1. The van der Waals surface area contributed by atoms with Crippen LogP contribution in [0.1, 0.15) is 42.4 Å². The summed E-state index contributed by atoms with van der Waals surface area (Å²) in [7, 11) is 1.78. The van der Waals surface area contributed by atoms with Gasteiger partial charge in [-0.15, -0.1) is 0 Å². The molecule has 4 rings (SSSR count). The molecule has 0 radical (unpaired) electrons. The topological polar surface area (TPSA) is 90.5 Å². The van der Waals surface area contributed by atoms with Gasteiger partial charge >= 0.3 is 6.09 Å². The molecule has 3 aromatic rings. The highest BCUT2D eigenvalue weighted by molar-refractivity contribution is 9.10. The molecule has 2 N–H and O–H groups in total. The molecule has 1 fully saturated rings. The van der Waals surface area contributed by atoms with Crippen molar-refractivity contribution in [2.24, 2.45) is 7.05 Å². The van der Waals surface area contributed by atoms with E-state index in [9.17, 15) is 14.0 Å². The number of amides is 1. The molecule has 1 aromatic heterocycles. The molecule has 0 unspecified atom stereocenters. The number of likely N-dealkylation sites (tertiary alicyclic amines) is 1. The number of hydrogen-bond donors (Lipinski definition) is 1. The largest absolute Gasteiger partial charge is 0.444 e. The van der Waals surface area contributed by atoms with E-state index in [0.717, 1.165) is 22.7 Å². The Kier molecular flexibility index (Phi) is 6.20. The van der Waals surface area contributed by atoms with E-state index in [1.807, 2.05) is 26.8 Å². The van der Waals surface area contributed by atoms with E-state index in [0.29, 0.717) is 23.1 Å². The van der Waals surface area contributed by atoms with Gasteiger partial charge in [0.15, 0.2) is 5.78 Å². The normalized spacial score (nSPS) is 13.7. The van der Waals surface area contributed by atoms with E-state index < -0.39 is 17.2 Å². The first kappa shape index (κ1) is 24.2. The Bertz CT molecular complexity index is 1370. The number of ether oxygens (including phenoxy) is 1. The number of aromatic nitrogens is 2. The van der Waals surface area contributed by atoms with Gasteiger partial charge in [-0.3, -0.25) is 9.48 Å². The zero-order valence-electron chi connectivity index (χ0n) is 19.1. The number of aryl methyl sites for hydroxylation is 1. The molecule has 0 saturated carbocycles. The number of rotatable bonds is 3. The first-order valence-electron chi connectivity index (χ1n) is 10.5. The lowest BCUT2D eigenvalue weighted by Crippen LogP contribution is -2.46. The number of nitrogens with two attached hydrogens (primary N) is 1. The highest BCUT2D eigenvalue weighted by Gasteiger charge is 2.30. The summed E-state index contributed by atoms with van der Waals surface area (Å²) in [6.07, 6.45) is 1.60. The first-order chi connectivity index (χ1) is 15.9. The van der Waals surface area contributed by atoms with Crippen LogP contribution >= 0.6 is 27.5 Å². The maximum atomic E-state index is 13.7. The van der Waals surface area contributed by atoms with Crippen molar-refractivity contribution < 1.29 is 18.7 Å². The van der Waals surface area contributed by atoms with Crippen LogP contribution in [0.3, 0.4) is 0 Å². The second-order valence-electron chi connectivity index (χ2n) is 9.15. The Morgan fingerprint density at radius 3 is 2.59 bits per heavy atom. The zero-order valence-corrected chi connectivity index (χ0v) is 21.4. The molecule has 1 aliphatic rings. The molecule has 2 heterocycles. The number of benzene rings is 2. The summed E-state index contributed by atoms with van der Waals surface area (Å²) in [4.78, 5) is 27.0. The Morgan fingerprint density at radius 2 is 1.94 bits per heavy atom. The van der Waals surface area contributed by atoms with Crippen LogP contribution in [0.15, 0.2) is 34.3 Å². The smallest absolute Gasteiger partial charge is 0.410 e. The monoisotopic (exact) mass is 548 g/mol. The lowest BCUT2D eigenvalue weighted by Gasteiger charge is -2.35. The van der Waals surface area contributed by atoms with Crippen molar-refractivity contribution in [1.29, 1.82) is 0 Å². The summed E-state index contributed by atoms with van der Waals surface area (Å²) in [6.45, 7) is 6.38. The quantitative estimate of drug-likeness (QED) is 0.340. The van der Waals surface area contributed by atoms with Crippen LogP contribution in [0.25, 0.3) is 17.0 Å². The van der Waals surface area contributed by atoms with Crippen molar-refractivity contribution in [1.82, 2.24) is 14.7 Å². The van der Waals surface area contributed by atoms with Crippen molar-refractivity contribution in [2.75, 3.05) is 18.8 Å². The van der Waals surface area contributed by atoms with Crippen LogP contribution in [0.2, 0.25) is 5.02 Å². The van der Waals surface area contributed by atoms with E-state index in [2.05, 4.69) is 21.0 Å². The van der Waals surface area contributed by atoms with Gasteiger partial charge in [0.05, 0.1) is 20.8 Å². The molecule has 0 bridgehead atoms. The molecule has 0 aliphatic carbocycles. The fraction of sp³-hybridized carbons (Fsp3) is 0.292. The summed E-state index contributed by atoms with van der Waals surface area (Å²) >= 11 is 9.61. The maximum absolute atomic E-state index is 13.7. The van der Waals surface area contributed by atoms with Gasteiger partial charge < -0.3 is 15.4 Å². The number of anilines is 1. The SMILES string of the molecule is Cn1nc2c(Br)c(C(=O)c3cc(F)ccc3Cl)c(N)cc2c1C=C1CN(C(=O)OC(C)(C)C)C1. The molecular formula is C24H23BrClFN4O3. The van der Waals surface area contributed by atoms with E-state index in [4.69, 9.17) is 22.1 Å². The van der Waals surface area contributed by atoms with Gasteiger partial charge in [-0.25, -0.2) is 9.18 Å². The predicted octanol–water partition coefficient (Wildman–Crippen LogP) is 5.58. The maximum Gasteiger partial charge on any atom is 0.410 e. The second kappa shape index (κ2) is 8.70. The number of nitrogens with zero attached hydrogens (tertiary/aromatic N) is 3. The van der Waals surface area contributed by atoms with Gasteiger partial charge in [0.25, 0.3) is 0 Å². The van der Waals surface area contributed by atoms with E-state index in [1.165, 1.54) is 12.1 Å². The van der Waals surface area contributed by atoms with Crippen molar-refractivity contribution in [3.8, 4) is 0 Å². The van der Waals surface area contributed by atoms with Crippen LogP contribution in [-0.2, 0) is 11.8 Å². The molecule has 7 nitrogen and oxygen atoms in total. The number of halogens is 3. The summed E-state index contributed by atoms with van der Waals surface area (Å²) in [5.74, 6) is -1.08. The number of ketones is 1. The third kappa shape index (κ3) is 4.54. The minimum Gasteiger partial charge on any atom is -0.444 e. The summed E-state index contributed by atoms with van der Waals surface area (Å²) < 4.78 is 21.2. The fourth-order valence-electron chi connectivity index (χ4n) is 3.72. The average molecular weight is 550 g/mol. The van der Waals surface area contributed by atoms with Crippen molar-refractivity contribution in [3.05, 3.63) is 62.0 Å². The van der Waals surface area contributed by atoms with Gasteiger partial charge in [-0.1, -0.05) is 11.6 Å². The molecular weight excluding hydrogens is 527 g/mol.